The lowest BCUT2D eigenvalue weighted by Crippen LogP contribution is -2.18. The number of nitrogens with zero attached hydrogens (tertiary/aromatic N) is 1. The molecule has 1 aromatic heterocycles. The van der Waals surface area contributed by atoms with Gasteiger partial charge >= 0.3 is 0 Å². The van der Waals surface area contributed by atoms with Crippen LogP contribution in [0.25, 0.3) is 5.69 Å². The van der Waals surface area contributed by atoms with Crippen LogP contribution in [0.3, 0.4) is 0 Å². The van der Waals surface area contributed by atoms with Crippen LogP contribution in [0.2, 0.25) is 0 Å². The second-order valence-corrected chi connectivity index (χ2v) is 4.67. The van der Waals surface area contributed by atoms with Gasteiger partial charge in [-0.1, -0.05) is 18.2 Å². The Morgan fingerprint density at radius 1 is 1.00 bits per heavy atom. The van der Waals surface area contributed by atoms with Crippen LogP contribution in [0, 0.1) is 5.82 Å². The Kier molecular flexibility index (Phi) is 3.62. The monoisotopic (exact) mass is 296 g/mol. The number of anilines is 1. The van der Waals surface area contributed by atoms with Crippen molar-refractivity contribution in [3.8, 4) is 17.2 Å². The minimum Gasteiger partial charge on any atom is -0.452 e. The van der Waals surface area contributed by atoms with E-state index in [9.17, 15) is 9.18 Å². The molecule has 0 bridgehead atoms. The maximum atomic E-state index is 13.6. The van der Waals surface area contributed by atoms with Crippen molar-refractivity contribution in [2.75, 3.05) is 5.73 Å². The third kappa shape index (κ3) is 2.69. The van der Waals surface area contributed by atoms with E-state index in [2.05, 4.69) is 0 Å². The molecule has 0 saturated heterocycles. The van der Waals surface area contributed by atoms with Gasteiger partial charge < -0.3 is 10.5 Å². The van der Waals surface area contributed by atoms with Gasteiger partial charge in [0.2, 0.25) is 0 Å². The quantitative estimate of drug-likeness (QED) is 0.754. The van der Waals surface area contributed by atoms with Crippen molar-refractivity contribution in [2.45, 2.75) is 0 Å². The SMILES string of the molecule is Nc1ccc(-n2cccc(Oc3ccccc3)c2=O)cc1F. The highest BCUT2D eigenvalue weighted by Gasteiger charge is 2.08. The van der Waals surface area contributed by atoms with Gasteiger partial charge in [-0.25, -0.2) is 4.39 Å². The van der Waals surface area contributed by atoms with E-state index >= 15 is 0 Å². The van der Waals surface area contributed by atoms with Gasteiger partial charge in [0.05, 0.1) is 11.4 Å². The van der Waals surface area contributed by atoms with Crippen molar-refractivity contribution in [1.82, 2.24) is 4.57 Å². The molecule has 5 heteroatoms. The van der Waals surface area contributed by atoms with Gasteiger partial charge in [-0.15, -0.1) is 0 Å². The first-order chi connectivity index (χ1) is 10.6. The largest absolute Gasteiger partial charge is 0.452 e. The Morgan fingerprint density at radius 3 is 2.50 bits per heavy atom. The van der Waals surface area contributed by atoms with Crippen LogP contribution in [-0.2, 0) is 0 Å². The minimum atomic E-state index is -0.571. The van der Waals surface area contributed by atoms with Gasteiger partial charge in [-0.3, -0.25) is 9.36 Å². The lowest BCUT2D eigenvalue weighted by molar-refractivity contribution is 0.472. The van der Waals surface area contributed by atoms with Crippen LogP contribution >= 0.6 is 0 Å². The summed E-state index contributed by atoms with van der Waals surface area (Å²) < 4.78 is 20.5. The first-order valence-electron chi connectivity index (χ1n) is 6.65. The number of benzene rings is 2. The van der Waals surface area contributed by atoms with Gasteiger partial charge in [-0.05, 0) is 36.4 Å². The van der Waals surface area contributed by atoms with E-state index in [1.165, 1.54) is 16.7 Å². The van der Waals surface area contributed by atoms with Crippen molar-refractivity contribution in [3.05, 3.63) is 83.0 Å². The van der Waals surface area contributed by atoms with E-state index in [4.69, 9.17) is 10.5 Å². The molecule has 0 atom stereocenters. The highest BCUT2D eigenvalue weighted by molar-refractivity contribution is 5.47. The lowest BCUT2D eigenvalue weighted by atomic mass is 10.2. The second-order valence-electron chi connectivity index (χ2n) is 4.67. The molecule has 0 unspecified atom stereocenters. The molecule has 2 aromatic carbocycles. The molecule has 3 aromatic rings. The molecule has 0 aliphatic rings. The Balaban J connectivity index is 2.02. The van der Waals surface area contributed by atoms with Crippen molar-refractivity contribution < 1.29 is 9.13 Å². The molecule has 22 heavy (non-hydrogen) atoms. The van der Waals surface area contributed by atoms with Crippen LogP contribution in [0.4, 0.5) is 10.1 Å². The molecule has 0 aliphatic carbocycles. The van der Waals surface area contributed by atoms with E-state index in [-0.39, 0.29) is 17.0 Å². The summed E-state index contributed by atoms with van der Waals surface area (Å²) in [5, 5.41) is 0. The molecule has 0 radical (unpaired) electrons. The van der Waals surface area contributed by atoms with E-state index in [1.54, 1.807) is 36.5 Å². The van der Waals surface area contributed by atoms with E-state index < -0.39 is 5.82 Å². The maximum Gasteiger partial charge on any atom is 0.298 e. The second kappa shape index (κ2) is 5.73. The summed E-state index contributed by atoms with van der Waals surface area (Å²) >= 11 is 0. The summed E-state index contributed by atoms with van der Waals surface area (Å²) in [4.78, 5) is 12.5. The van der Waals surface area contributed by atoms with Gasteiger partial charge in [0.15, 0.2) is 5.75 Å². The van der Waals surface area contributed by atoms with Crippen LogP contribution in [0.15, 0.2) is 71.7 Å². The number of aromatic nitrogens is 1. The van der Waals surface area contributed by atoms with Gasteiger partial charge in [0.25, 0.3) is 5.56 Å². The summed E-state index contributed by atoms with van der Waals surface area (Å²) in [7, 11) is 0. The number of rotatable bonds is 3. The minimum absolute atomic E-state index is 0.0356. The topological polar surface area (TPSA) is 57.2 Å². The molecule has 4 nitrogen and oxygen atoms in total. The van der Waals surface area contributed by atoms with Crippen molar-refractivity contribution >= 4 is 5.69 Å². The fourth-order valence-corrected chi connectivity index (χ4v) is 2.04. The molecule has 0 aliphatic heterocycles. The van der Waals surface area contributed by atoms with Gasteiger partial charge in [0.1, 0.15) is 11.6 Å². The summed E-state index contributed by atoms with van der Waals surface area (Å²) in [5.41, 5.74) is 5.49. The molecular formula is C17H13FN2O2. The summed E-state index contributed by atoms with van der Waals surface area (Å²) in [6.07, 6.45) is 1.55. The van der Waals surface area contributed by atoms with Crippen LogP contribution in [0.1, 0.15) is 0 Å². The highest BCUT2D eigenvalue weighted by atomic mass is 19.1. The standard InChI is InChI=1S/C17H13FN2O2/c18-14-11-12(8-9-15(14)19)20-10-4-7-16(17(20)21)22-13-5-2-1-3-6-13/h1-11H,19H2. The molecule has 0 amide bonds. The fourth-order valence-electron chi connectivity index (χ4n) is 2.04. The number of ether oxygens (including phenoxy) is 1. The van der Waals surface area contributed by atoms with Crippen LogP contribution in [-0.4, -0.2) is 4.57 Å². The summed E-state index contributed by atoms with van der Waals surface area (Å²) in [6, 6.07) is 16.4. The number of nitrogens with two attached hydrogens (primary N) is 1. The van der Waals surface area contributed by atoms with Crippen LogP contribution in [0.5, 0.6) is 11.5 Å². The van der Waals surface area contributed by atoms with Crippen molar-refractivity contribution in [1.29, 1.82) is 0 Å². The third-order valence-electron chi connectivity index (χ3n) is 3.15. The zero-order chi connectivity index (χ0) is 15.5. The lowest BCUT2D eigenvalue weighted by Gasteiger charge is -2.10. The van der Waals surface area contributed by atoms with Crippen LogP contribution < -0.4 is 16.0 Å². The van der Waals surface area contributed by atoms with E-state index in [0.29, 0.717) is 11.4 Å². The smallest absolute Gasteiger partial charge is 0.298 e. The Labute approximate surface area is 126 Å². The molecule has 0 saturated carbocycles. The number of hydrogen-bond acceptors (Lipinski definition) is 3. The first kappa shape index (κ1) is 13.9. The van der Waals surface area contributed by atoms with Crippen molar-refractivity contribution in [3.63, 3.8) is 0 Å². The fraction of sp³-hybridized carbons (Fsp3) is 0. The summed E-state index contributed by atoms with van der Waals surface area (Å²) in [5.74, 6) is 0.144. The van der Waals surface area contributed by atoms with Crippen molar-refractivity contribution in [2.24, 2.45) is 0 Å². The number of hydrogen-bond donors (Lipinski definition) is 1. The zero-order valence-corrected chi connectivity index (χ0v) is 11.6. The number of nitrogen functional groups attached to an aromatic ring is 1. The average molecular weight is 296 g/mol. The highest BCUT2D eigenvalue weighted by Crippen LogP contribution is 2.19. The van der Waals surface area contributed by atoms with Gasteiger partial charge in [-0.2, -0.15) is 0 Å². The summed E-state index contributed by atoms with van der Waals surface area (Å²) in [6.45, 7) is 0. The average Bonchev–Trinajstić information content (AvgIpc) is 2.53. The molecule has 1 heterocycles. The molecule has 0 spiro atoms. The Hall–Kier alpha value is -3.08. The Bertz CT molecular complexity index is 860. The molecule has 0 fully saturated rings. The molecule has 2 N–H and O–H groups in total. The predicted octanol–water partition coefficient (Wildman–Crippen LogP) is 3.35. The van der Waals surface area contributed by atoms with E-state index in [0.717, 1.165) is 0 Å². The number of pyridine rings is 1. The zero-order valence-electron chi connectivity index (χ0n) is 11.6. The van der Waals surface area contributed by atoms with E-state index in [1.807, 2.05) is 18.2 Å². The molecular weight excluding hydrogens is 283 g/mol. The normalized spacial score (nSPS) is 10.4. The number of para-hydroxylation sites is 1. The maximum absolute atomic E-state index is 13.6. The Morgan fingerprint density at radius 2 is 1.77 bits per heavy atom. The molecule has 3 rings (SSSR count). The third-order valence-corrected chi connectivity index (χ3v) is 3.15. The number of halogens is 1. The molecule has 110 valence electrons. The first-order valence-corrected chi connectivity index (χ1v) is 6.65. The predicted molar refractivity (Wildman–Crippen MR) is 82.9 cm³/mol. The van der Waals surface area contributed by atoms with Gasteiger partial charge in [0, 0.05) is 12.3 Å².